The van der Waals surface area contributed by atoms with E-state index in [0.29, 0.717) is 16.6 Å². The van der Waals surface area contributed by atoms with Gasteiger partial charge in [-0.1, -0.05) is 0 Å². The molecule has 0 spiro atoms. The predicted octanol–water partition coefficient (Wildman–Crippen LogP) is 3.01. The zero-order valence-electron chi connectivity index (χ0n) is 10.5. The van der Waals surface area contributed by atoms with Crippen LogP contribution in [0.25, 0.3) is 0 Å². The number of rotatable bonds is 3. The number of nitrogens with zero attached hydrogens (tertiary/aromatic N) is 2. The van der Waals surface area contributed by atoms with Crippen LogP contribution in [0.2, 0.25) is 0 Å². The minimum Gasteiger partial charge on any atom is -0.381 e. The van der Waals surface area contributed by atoms with Crippen LogP contribution in [0.4, 0.5) is 11.4 Å². The van der Waals surface area contributed by atoms with Crippen molar-refractivity contribution in [1.82, 2.24) is 4.90 Å². The van der Waals surface area contributed by atoms with E-state index in [9.17, 15) is 10.1 Å². The lowest BCUT2D eigenvalue weighted by Crippen LogP contribution is -2.33. The fourth-order valence-corrected chi connectivity index (χ4v) is 3.73. The van der Waals surface area contributed by atoms with E-state index in [1.807, 2.05) is 0 Å². The monoisotopic (exact) mass is 325 g/mol. The Morgan fingerprint density at radius 3 is 2.95 bits per heavy atom. The molecular weight excluding hydrogens is 310 g/mol. The number of hydrogen-bond acceptors (Lipinski definition) is 4. The molecule has 6 heteroatoms. The Hall–Kier alpha value is -1.14. The molecule has 1 aromatic carbocycles. The predicted molar refractivity (Wildman–Crippen MR) is 77.4 cm³/mol. The number of nitrogens with one attached hydrogen (secondary N) is 1. The van der Waals surface area contributed by atoms with Crippen molar-refractivity contribution in [2.24, 2.45) is 0 Å². The molecule has 3 rings (SSSR count). The zero-order valence-corrected chi connectivity index (χ0v) is 12.1. The lowest BCUT2D eigenvalue weighted by Gasteiger charge is -2.22. The summed E-state index contributed by atoms with van der Waals surface area (Å²) >= 11 is 3.26. The topological polar surface area (TPSA) is 58.4 Å². The molecule has 102 valence electrons. The van der Waals surface area contributed by atoms with Gasteiger partial charge < -0.3 is 5.32 Å². The van der Waals surface area contributed by atoms with E-state index in [0.717, 1.165) is 18.7 Å². The lowest BCUT2D eigenvalue weighted by atomic mass is 10.1. The van der Waals surface area contributed by atoms with E-state index >= 15 is 0 Å². The summed E-state index contributed by atoms with van der Waals surface area (Å²) in [5, 5.41) is 14.3. The van der Waals surface area contributed by atoms with Crippen molar-refractivity contribution >= 4 is 27.3 Å². The first-order valence-corrected chi connectivity index (χ1v) is 7.39. The SMILES string of the molecule is O=[N+]([O-])c1ccc(NC2CCN3CCCC23)cc1Br. The minimum absolute atomic E-state index is 0.111. The first-order valence-electron chi connectivity index (χ1n) is 6.59. The first kappa shape index (κ1) is 12.9. The van der Waals surface area contributed by atoms with Gasteiger partial charge in [0.2, 0.25) is 0 Å². The molecule has 2 unspecified atom stereocenters. The van der Waals surface area contributed by atoms with E-state index in [2.05, 4.69) is 26.1 Å². The second-order valence-electron chi connectivity index (χ2n) is 5.21. The lowest BCUT2D eigenvalue weighted by molar-refractivity contribution is -0.385. The molecule has 2 aliphatic rings. The van der Waals surface area contributed by atoms with Gasteiger partial charge >= 0.3 is 0 Å². The molecule has 5 nitrogen and oxygen atoms in total. The summed E-state index contributed by atoms with van der Waals surface area (Å²) in [6, 6.07) is 6.24. The van der Waals surface area contributed by atoms with Crippen LogP contribution in [0, 0.1) is 10.1 Å². The molecule has 19 heavy (non-hydrogen) atoms. The van der Waals surface area contributed by atoms with Crippen molar-refractivity contribution in [3.63, 3.8) is 0 Å². The minimum atomic E-state index is -0.373. The highest BCUT2D eigenvalue weighted by Crippen LogP contribution is 2.32. The number of hydrogen-bond donors (Lipinski definition) is 1. The summed E-state index contributed by atoms with van der Waals surface area (Å²) in [5.41, 5.74) is 1.07. The smallest absolute Gasteiger partial charge is 0.283 e. The standard InChI is InChI=1S/C13H16BrN3O2/c14-10-8-9(3-4-12(10)17(18)19)15-11-5-7-16-6-1-2-13(11)16/h3-4,8,11,13,15H,1-2,5-7H2. The molecule has 0 radical (unpaired) electrons. The highest BCUT2D eigenvalue weighted by Gasteiger charge is 2.37. The highest BCUT2D eigenvalue weighted by molar-refractivity contribution is 9.10. The van der Waals surface area contributed by atoms with E-state index in [1.54, 1.807) is 18.2 Å². The maximum Gasteiger partial charge on any atom is 0.283 e. The molecule has 2 atom stereocenters. The van der Waals surface area contributed by atoms with Gasteiger partial charge in [-0.05, 0) is 53.9 Å². The zero-order chi connectivity index (χ0) is 13.4. The van der Waals surface area contributed by atoms with Crippen molar-refractivity contribution in [3.8, 4) is 0 Å². The van der Waals surface area contributed by atoms with E-state index < -0.39 is 0 Å². The van der Waals surface area contributed by atoms with Crippen molar-refractivity contribution < 1.29 is 4.92 Å². The molecule has 2 saturated heterocycles. The van der Waals surface area contributed by atoms with Crippen molar-refractivity contribution in [2.45, 2.75) is 31.3 Å². The molecule has 0 bridgehead atoms. The molecule has 2 heterocycles. The Balaban J connectivity index is 1.73. The largest absolute Gasteiger partial charge is 0.381 e. The van der Waals surface area contributed by atoms with Crippen LogP contribution >= 0.6 is 15.9 Å². The van der Waals surface area contributed by atoms with Crippen molar-refractivity contribution in [1.29, 1.82) is 0 Å². The molecular formula is C13H16BrN3O2. The van der Waals surface area contributed by atoms with Gasteiger partial charge in [0.25, 0.3) is 5.69 Å². The second kappa shape index (κ2) is 5.09. The molecule has 1 N–H and O–H groups in total. The number of fused-ring (bicyclic) bond motifs is 1. The maximum atomic E-state index is 10.8. The van der Waals surface area contributed by atoms with Crippen LogP contribution in [-0.2, 0) is 0 Å². The van der Waals surface area contributed by atoms with Gasteiger partial charge in [-0.3, -0.25) is 15.0 Å². The van der Waals surface area contributed by atoms with Gasteiger partial charge in [0.05, 0.1) is 9.40 Å². The van der Waals surface area contributed by atoms with Crippen LogP contribution in [0.5, 0.6) is 0 Å². The van der Waals surface area contributed by atoms with Crippen LogP contribution in [-0.4, -0.2) is 35.0 Å². The van der Waals surface area contributed by atoms with Crippen LogP contribution in [0.15, 0.2) is 22.7 Å². The van der Waals surface area contributed by atoms with Crippen molar-refractivity contribution in [3.05, 3.63) is 32.8 Å². The molecule has 0 aliphatic carbocycles. The third kappa shape index (κ3) is 2.47. The average molecular weight is 326 g/mol. The Labute approximate surface area is 120 Å². The third-order valence-electron chi connectivity index (χ3n) is 4.10. The maximum absolute atomic E-state index is 10.8. The fraction of sp³-hybridized carbons (Fsp3) is 0.538. The summed E-state index contributed by atoms with van der Waals surface area (Å²) in [7, 11) is 0. The van der Waals surface area contributed by atoms with Gasteiger partial charge in [0, 0.05) is 30.4 Å². The molecule has 2 fully saturated rings. The van der Waals surface area contributed by atoms with Gasteiger partial charge in [-0.25, -0.2) is 0 Å². The fourth-order valence-electron chi connectivity index (χ4n) is 3.21. The van der Waals surface area contributed by atoms with Crippen LogP contribution < -0.4 is 5.32 Å². The number of anilines is 1. The molecule has 0 saturated carbocycles. The molecule has 2 aliphatic heterocycles. The normalized spacial score (nSPS) is 26.4. The summed E-state index contributed by atoms with van der Waals surface area (Å²) < 4.78 is 0.531. The number of benzene rings is 1. The van der Waals surface area contributed by atoms with Crippen LogP contribution in [0.1, 0.15) is 19.3 Å². The van der Waals surface area contributed by atoms with Gasteiger partial charge in [-0.2, -0.15) is 0 Å². The van der Waals surface area contributed by atoms with Gasteiger partial charge in [-0.15, -0.1) is 0 Å². The summed E-state index contributed by atoms with van der Waals surface area (Å²) in [6.07, 6.45) is 3.69. The Bertz CT molecular complexity index is 509. The molecule has 1 aromatic rings. The van der Waals surface area contributed by atoms with Gasteiger partial charge in [0.1, 0.15) is 0 Å². The number of nitro benzene ring substituents is 1. The quantitative estimate of drug-likeness (QED) is 0.685. The summed E-state index contributed by atoms with van der Waals surface area (Å²) in [4.78, 5) is 12.9. The van der Waals surface area contributed by atoms with Crippen LogP contribution in [0.3, 0.4) is 0 Å². The highest BCUT2D eigenvalue weighted by atomic mass is 79.9. The Morgan fingerprint density at radius 1 is 1.37 bits per heavy atom. The van der Waals surface area contributed by atoms with Gasteiger partial charge in [0.15, 0.2) is 0 Å². The summed E-state index contributed by atoms with van der Waals surface area (Å²) in [5.74, 6) is 0. The Kier molecular flexibility index (Phi) is 3.45. The molecule has 0 aromatic heterocycles. The van der Waals surface area contributed by atoms with E-state index in [1.165, 1.54) is 19.4 Å². The Morgan fingerprint density at radius 2 is 2.21 bits per heavy atom. The number of halogens is 1. The third-order valence-corrected chi connectivity index (χ3v) is 4.74. The van der Waals surface area contributed by atoms with E-state index in [4.69, 9.17) is 0 Å². The second-order valence-corrected chi connectivity index (χ2v) is 6.06. The van der Waals surface area contributed by atoms with Crippen molar-refractivity contribution in [2.75, 3.05) is 18.4 Å². The summed E-state index contributed by atoms with van der Waals surface area (Å²) in [6.45, 7) is 2.38. The van der Waals surface area contributed by atoms with E-state index in [-0.39, 0.29) is 10.6 Å². The number of nitro groups is 1. The average Bonchev–Trinajstić information content (AvgIpc) is 2.94. The molecule has 0 amide bonds. The first-order chi connectivity index (χ1) is 9.15.